The van der Waals surface area contributed by atoms with E-state index >= 15 is 0 Å². The Kier molecular flexibility index (Phi) is 10.8. The molecule has 0 amide bonds. The minimum atomic E-state index is -3.34. The first-order valence-electron chi connectivity index (χ1n) is 16.9. The molecule has 1 aliphatic carbocycles. The Morgan fingerprint density at radius 1 is 0.854 bits per heavy atom. The fourth-order valence-electron chi connectivity index (χ4n) is 7.63. The number of nitrogens with one attached hydrogen (secondary N) is 1. The molecule has 2 heterocycles. The van der Waals surface area contributed by atoms with Crippen molar-refractivity contribution in [1.29, 1.82) is 0 Å². The summed E-state index contributed by atoms with van der Waals surface area (Å²) in [7, 11) is -6.64. The fourth-order valence-corrected chi connectivity index (χ4v) is 19.0. The Bertz CT molecular complexity index is 1410. The molecule has 1 saturated carbocycles. The lowest BCUT2D eigenvalue weighted by atomic mass is 9.66. The van der Waals surface area contributed by atoms with E-state index < -0.39 is 71.2 Å². The fraction of sp³-hybridized carbons (Fsp3) is 0.600. The van der Waals surface area contributed by atoms with Crippen molar-refractivity contribution in [2.75, 3.05) is 6.61 Å². The number of hydrogen-bond acceptors (Lipinski definition) is 11. The van der Waals surface area contributed by atoms with Crippen molar-refractivity contribution in [3.05, 3.63) is 71.8 Å². The average Bonchev–Trinajstić information content (AvgIpc) is 3.27. The molecule has 2 saturated heterocycles. The normalized spacial score (nSPS) is 31.0. The van der Waals surface area contributed by atoms with Crippen molar-refractivity contribution in [2.24, 2.45) is 0 Å². The molecule has 0 radical (unpaired) electrons. The Morgan fingerprint density at radius 3 is 1.90 bits per heavy atom. The van der Waals surface area contributed by atoms with Gasteiger partial charge in [-0.1, -0.05) is 104 Å². The lowest BCUT2D eigenvalue weighted by molar-refractivity contribution is -0.270. The Balaban J connectivity index is 1.72. The van der Waals surface area contributed by atoms with E-state index in [-0.39, 0.29) is 40.8 Å². The van der Waals surface area contributed by atoms with E-state index in [1.54, 1.807) is 30.3 Å². The van der Waals surface area contributed by atoms with Crippen LogP contribution < -0.4 is 5.48 Å². The van der Waals surface area contributed by atoms with Crippen LogP contribution in [-0.2, 0) is 38.7 Å². The molecular formula is C35H51NO10Si2. The van der Waals surface area contributed by atoms with Gasteiger partial charge in [0.1, 0.15) is 17.7 Å². The molecule has 6 atom stereocenters. The van der Waals surface area contributed by atoms with Crippen LogP contribution in [0.5, 0.6) is 0 Å². The van der Waals surface area contributed by atoms with Crippen LogP contribution in [0.25, 0.3) is 0 Å². The highest BCUT2D eigenvalue weighted by atomic mass is 28.5. The summed E-state index contributed by atoms with van der Waals surface area (Å²) in [6.45, 7) is 15.7. The number of fused-ring (bicyclic) bond motifs is 3. The quantitative estimate of drug-likeness (QED) is 0.165. The predicted molar refractivity (Wildman–Crippen MR) is 182 cm³/mol. The molecule has 13 heteroatoms. The first-order chi connectivity index (χ1) is 22.7. The average molecular weight is 702 g/mol. The topological polar surface area (TPSA) is 142 Å². The zero-order chi connectivity index (χ0) is 35.1. The van der Waals surface area contributed by atoms with Gasteiger partial charge in [-0.25, -0.2) is 4.79 Å². The van der Waals surface area contributed by atoms with Crippen LogP contribution in [0, 0.1) is 0 Å². The number of aliphatic hydroxyl groups is 2. The second-order valence-electron chi connectivity index (χ2n) is 14.6. The van der Waals surface area contributed by atoms with Crippen LogP contribution in [0.3, 0.4) is 0 Å². The lowest BCUT2D eigenvalue weighted by Crippen LogP contribution is -2.81. The van der Waals surface area contributed by atoms with E-state index in [4.69, 9.17) is 27.3 Å². The molecule has 0 unspecified atom stereocenters. The van der Waals surface area contributed by atoms with Crippen molar-refractivity contribution >= 4 is 29.1 Å². The van der Waals surface area contributed by atoms with Gasteiger partial charge in [0.25, 0.3) is 0 Å². The van der Waals surface area contributed by atoms with E-state index in [0.717, 1.165) is 5.56 Å². The van der Waals surface area contributed by atoms with E-state index in [2.05, 4.69) is 33.2 Å². The summed E-state index contributed by atoms with van der Waals surface area (Å²) in [5.74, 6) is -1.37. The molecule has 0 bridgehead atoms. The van der Waals surface area contributed by atoms with Crippen LogP contribution in [0.1, 0.15) is 77.7 Å². The maximum absolute atomic E-state index is 13.7. The van der Waals surface area contributed by atoms with E-state index in [1.807, 2.05) is 58.0 Å². The second kappa shape index (κ2) is 14.0. The lowest BCUT2D eigenvalue weighted by Gasteiger charge is -2.57. The zero-order valence-corrected chi connectivity index (χ0v) is 31.2. The number of carbonyl (C=O) groups excluding carboxylic acids is 2. The molecule has 3 fully saturated rings. The summed E-state index contributed by atoms with van der Waals surface area (Å²) in [5.41, 5.74) is 0.132. The van der Waals surface area contributed by atoms with Gasteiger partial charge >= 0.3 is 29.1 Å². The largest absolute Gasteiger partial charge is 0.456 e. The summed E-state index contributed by atoms with van der Waals surface area (Å²) in [6, 6.07) is 17.8. The molecule has 48 heavy (non-hydrogen) atoms. The van der Waals surface area contributed by atoms with Crippen molar-refractivity contribution in [1.82, 2.24) is 5.48 Å². The standard InChI is InChI=1S/C35H51NO10Si2/c1-22(2)47(23(3)4)44-30-32(45-48(46-47,24(5)6)25(7)8)35(40,21-37)31(43-33(39)27-17-13-10-14-18-27)29-34(30,19-28(38)42-29)36-41-20-26-15-11-9-12-16-26/h9-18,22-25,29-32,36-37,40H,19-21H2,1-8H3/t29-,30+,31+,32-,34+,35-/m0/s1. The van der Waals surface area contributed by atoms with Crippen LogP contribution in [0.15, 0.2) is 60.7 Å². The van der Waals surface area contributed by atoms with Gasteiger partial charge in [0.05, 0.1) is 25.2 Å². The SMILES string of the molecule is CC(C)[Si]1(C(C)C)O[C@@H]2[C@H](O[Si](C(C)C)(C(C)C)O1)[C@](O)(CO)[C@H](OC(=O)c1ccccc1)[C@@H]1OC(=O)C[C@]21NOCc1ccccc1. The number of carbonyl (C=O) groups is 2. The van der Waals surface area contributed by atoms with Gasteiger partial charge in [0.2, 0.25) is 0 Å². The van der Waals surface area contributed by atoms with Gasteiger partial charge in [-0.05, 0) is 39.9 Å². The van der Waals surface area contributed by atoms with Crippen LogP contribution >= 0.6 is 0 Å². The van der Waals surface area contributed by atoms with Gasteiger partial charge < -0.3 is 32.7 Å². The highest BCUT2D eigenvalue weighted by molar-refractivity contribution is 6.84. The number of esters is 2. The molecule has 3 N–H and O–H groups in total. The summed E-state index contributed by atoms with van der Waals surface area (Å²) in [5, 5.41) is 23.9. The number of benzene rings is 2. The number of hydrogen-bond donors (Lipinski definition) is 3. The first-order valence-corrected chi connectivity index (χ1v) is 20.9. The highest BCUT2D eigenvalue weighted by Crippen LogP contribution is 2.55. The Morgan fingerprint density at radius 2 is 1.38 bits per heavy atom. The maximum Gasteiger partial charge on any atom is 0.338 e. The predicted octanol–water partition coefficient (Wildman–Crippen LogP) is 5.05. The zero-order valence-electron chi connectivity index (χ0n) is 29.2. The van der Waals surface area contributed by atoms with Gasteiger partial charge in [0.15, 0.2) is 17.8 Å². The van der Waals surface area contributed by atoms with Gasteiger partial charge in [-0.3, -0.25) is 9.63 Å². The number of hydroxylamine groups is 1. The van der Waals surface area contributed by atoms with Gasteiger partial charge in [-0.15, -0.1) is 0 Å². The van der Waals surface area contributed by atoms with E-state index in [1.165, 1.54) is 0 Å². The summed E-state index contributed by atoms with van der Waals surface area (Å²) in [6.07, 6.45) is -5.56. The van der Waals surface area contributed by atoms with Gasteiger partial charge in [0, 0.05) is 0 Å². The molecule has 2 aliphatic heterocycles. The molecule has 2 aromatic rings. The summed E-state index contributed by atoms with van der Waals surface area (Å²) >= 11 is 0. The first kappa shape index (κ1) is 36.8. The van der Waals surface area contributed by atoms with Crippen LogP contribution in [0.2, 0.25) is 22.2 Å². The molecule has 5 rings (SSSR count). The number of rotatable bonds is 11. The molecule has 2 aromatic carbocycles. The number of ether oxygens (including phenoxy) is 2. The van der Waals surface area contributed by atoms with E-state index in [0.29, 0.717) is 0 Å². The van der Waals surface area contributed by atoms with Crippen LogP contribution in [0.4, 0.5) is 0 Å². The maximum atomic E-state index is 13.7. The monoisotopic (exact) mass is 701 g/mol. The third-order valence-electron chi connectivity index (χ3n) is 10.2. The van der Waals surface area contributed by atoms with Crippen molar-refractivity contribution < 1.29 is 47.1 Å². The molecule has 0 spiro atoms. The Labute approximate surface area is 285 Å². The van der Waals surface area contributed by atoms with E-state index in [9.17, 15) is 19.8 Å². The van der Waals surface area contributed by atoms with Gasteiger partial charge in [-0.2, -0.15) is 5.48 Å². The Hall–Kier alpha value is -2.47. The van der Waals surface area contributed by atoms with Crippen LogP contribution in [-0.4, -0.2) is 81.4 Å². The van der Waals surface area contributed by atoms with Crippen molar-refractivity contribution in [2.45, 2.75) is 126 Å². The molecule has 0 aromatic heterocycles. The van der Waals surface area contributed by atoms with Crippen molar-refractivity contribution in [3.63, 3.8) is 0 Å². The number of aliphatic hydroxyl groups excluding tert-OH is 1. The highest BCUT2D eigenvalue weighted by Gasteiger charge is 2.77. The molecule has 11 nitrogen and oxygen atoms in total. The summed E-state index contributed by atoms with van der Waals surface area (Å²) < 4.78 is 34.0. The minimum absolute atomic E-state index is 0.0705. The molecule has 3 aliphatic rings. The minimum Gasteiger partial charge on any atom is -0.456 e. The third kappa shape index (κ3) is 6.22. The molecular weight excluding hydrogens is 651 g/mol. The van der Waals surface area contributed by atoms with Crippen molar-refractivity contribution in [3.8, 4) is 0 Å². The summed E-state index contributed by atoms with van der Waals surface area (Å²) in [4.78, 5) is 33.3. The third-order valence-corrected chi connectivity index (χ3v) is 20.5. The smallest absolute Gasteiger partial charge is 0.338 e. The second-order valence-corrected chi connectivity index (χ2v) is 23.4. The molecule has 264 valence electrons.